The first-order valence-electron chi connectivity index (χ1n) is 7.29. The monoisotopic (exact) mass is 339 g/mol. The summed E-state index contributed by atoms with van der Waals surface area (Å²) in [6, 6.07) is 3.37. The maximum absolute atomic E-state index is 10.2. The summed E-state index contributed by atoms with van der Waals surface area (Å²) in [5.74, 6) is 0.698. The van der Waals surface area contributed by atoms with Crippen molar-refractivity contribution < 1.29 is 19.3 Å². The minimum absolute atomic E-state index is 0.119. The number of benzene rings is 1. The maximum Gasteiger partial charge on any atom is 0.191 e. The third-order valence-electron chi connectivity index (χ3n) is 3.44. The van der Waals surface area contributed by atoms with E-state index in [1.807, 2.05) is 19.9 Å². The van der Waals surface area contributed by atoms with Gasteiger partial charge < -0.3 is 24.6 Å². The van der Waals surface area contributed by atoms with Crippen LogP contribution >= 0.6 is 11.6 Å². The molecule has 2 rings (SSSR count). The van der Waals surface area contributed by atoms with E-state index < -0.39 is 6.29 Å². The van der Waals surface area contributed by atoms with E-state index >= 15 is 0 Å². The van der Waals surface area contributed by atoms with E-state index in [4.69, 9.17) is 25.8 Å². The molecular weight excluding hydrogens is 318 g/mol. The standard InChI is InChI=1S/C17H22ClNO4/c1-10(2)7-11-8-13(20)12-5-6-14(16(18)17(12)19-11)23-9-15(21-3)22-4/h5-8,11,15,19-20H,9H2,1-4H3. The summed E-state index contributed by atoms with van der Waals surface area (Å²) >= 11 is 6.44. The minimum atomic E-state index is -0.471. The predicted octanol–water partition coefficient (Wildman–Crippen LogP) is 4.00. The molecule has 1 aliphatic heterocycles. The third kappa shape index (κ3) is 4.19. The number of allylic oxidation sites excluding steroid dienone is 1. The molecule has 6 heteroatoms. The lowest BCUT2D eigenvalue weighted by molar-refractivity contribution is -0.121. The number of nitrogens with one attached hydrogen (secondary N) is 1. The van der Waals surface area contributed by atoms with Crippen LogP contribution in [0.15, 0.2) is 29.9 Å². The highest BCUT2D eigenvalue weighted by Crippen LogP contribution is 2.40. The molecule has 0 bridgehead atoms. The molecule has 1 heterocycles. The summed E-state index contributed by atoms with van der Waals surface area (Å²) in [6.07, 6.45) is 3.29. The molecule has 1 unspecified atom stereocenters. The van der Waals surface area contributed by atoms with Crippen LogP contribution in [0.5, 0.6) is 5.75 Å². The molecule has 23 heavy (non-hydrogen) atoms. The summed E-state index contributed by atoms with van der Waals surface area (Å²) in [5, 5.41) is 13.9. The average Bonchev–Trinajstić information content (AvgIpc) is 2.50. The van der Waals surface area contributed by atoms with Crippen LogP contribution in [0.3, 0.4) is 0 Å². The van der Waals surface area contributed by atoms with E-state index in [-0.39, 0.29) is 18.4 Å². The molecule has 0 radical (unpaired) electrons. The van der Waals surface area contributed by atoms with E-state index in [9.17, 15) is 5.11 Å². The van der Waals surface area contributed by atoms with Gasteiger partial charge >= 0.3 is 0 Å². The Labute approximate surface area is 141 Å². The molecule has 2 N–H and O–H groups in total. The van der Waals surface area contributed by atoms with Gasteiger partial charge in [0, 0.05) is 19.8 Å². The second-order valence-electron chi connectivity index (χ2n) is 5.48. The topological polar surface area (TPSA) is 60.0 Å². The van der Waals surface area contributed by atoms with E-state index in [2.05, 4.69) is 5.32 Å². The Morgan fingerprint density at radius 2 is 2.04 bits per heavy atom. The van der Waals surface area contributed by atoms with Crippen LogP contribution in [0, 0.1) is 0 Å². The number of fused-ring (bicyclic) bond motifs is 1. The number of hydrogen-bond acceptors (Lipinski definition) is 5. The van der Waals surface area contributed by atoms with Crippen LogP contribution in [0.2, 0.25) is 5.02 Å². The van der Waals surface area contributed by atoms with Crippen molar-refractivity contribution in [3.05, 3.63) is 40.4 Å². The van der Waals surface area contributed by atoms with Gasteiger partial charge in [0.05, 0.1) is 11.7 Å². The number of aliphatic hydroxyl groups excluding tert-OH is 1. The van der Waals surface area contributed by atoms with Crippen LogP contribution in [0.1, 0.15) is 19.4 Å². The van der Waals surface area contributed by atoms with Crippen molar-refractivity contribution >= 4 is 23.0 Å². The van der Waals surface area contributed by atoms with E-state index in [1.54, 1.807) is 32.4 Å². The SMILES string of the molecule is COC(COc1ccc2c(c1Cl)NC(C=C(C)C)C=C2O)OC. The summed E-state index contributed by atoms with van der Waals surface area (Å²) in [5.41, 5.74) is 2.44. The number of rotatable bonds is 6. The molecule has 0 spiro atoms. The van der Waals surface area contributed by atoms with Gasteiger partial charge in [0.1, 0.15) is 23.1 Å². The highest BCUT2D eigenvalue weighted by atomic mass is 35.5. The zero-order valence-corrected chi connectivity index (χ0v) is 14.5. The summed E-state index contributed by atoms with van der Waals surface area (Å²) < 4.78 is 15.8. The van der Waals surface area contributed by atoms with Crippen molar-refractivity contribution in [2.45, 2.75) is 26.2 Å². The first-order valence-corrected chi connectivity index (χ1v) is 7.67. The molecule has 0 saturated carbocycles. The number of anilines is 1. The van der Waals surface area contributed by atoms with Gasteiger partial charge in [-0.1, -0.05) is 23.3 Å². The molecule has 0 aliphatic carbocycles. The summed E-state index contributed by atoms with van der Waals surface area (Å²) in [7, 11) is 3.08. The van der Waals surface area contributed by atoms with Crippen molar-refractivity contribution in [3.63, 3.8) is 0 Å². The second kappa shape index (κ2) is 7.73. The van der Waals surface area contributed by atoms with Gasteiger partial charge in [-0.25, -0.2) is 0 Å². The molecule has 0 aromatic heterocycles. The first kappa shape index (κ1) is 17.7. The second-order valence-corrected chi connectivity index (χ2v) is 5.86. The normalized spacial score (nSPS) is 16.4. The van der Waals surface area contributed by atoms with Crippen molar-refractivity contribution in [2.24, 2.45) is 0 Å². The average molecular weight is 340 g/mol. The molecule has 0 amide bonds. The third-order valence-corrected chi connectivity index (χ3v) is 3.82. The van der Waals surface area contributed by atoms with Gasteiger partial charge in [0.15, 0.2) is 6.29 Å². The Morgan fingerprint density at radius 3 is 2.65 bits per heavy atom. The summed E-state index contributed by atoms with van der Waals surface area (Å²) in [6.45, 7) is 4.21. The van der Waals surface area contributed by atoms with Gasteiger partial charge in [-0.05, 0) is 32.1 Å². The zero-order valence-electron chi connectivity index (χ0n) is 13.7. The molecule has 1 aromatic rings. The summed E-state index contributed by atoms with van der Waals surface area (Å²) in [4.78, 5) is 0. The fourth-order valence-electron chi connectivity index (χ4n) is 2.33. The largest absolute Gasteiger partial charge is 0.507 e. The number of aliphatic hydroxyl groups is 1. The highest BCUT2D eigenvalue weighted by Gasteiger charge is 2.22. The molecule has 0 fully saturated rings. The number of hydrogen-bond donors (Lipinski definition) is 2. The van der Waals surface area contributed by atoms with Crippen molar-refractivity contribution in [3.8, 4) is 5.75 Å². The van der Waals surface area contributed by atoms with Crippen LogP contribution in [-0.4, -0.2) is 38.3 Å². The smallest absolute Gasteiger partial charge is 0.191 e. The Hall–Kier alpha value is -1.69. The van der Waals surface area contributed by atoms with Crippen LogP contribution < -0.4 is 10.1 Å². The highest BCUT2D eigenvalue weighted by molar-refractivity contribution is 6.35. The van der Waals surface area contributed by atoms with E-state index in [0.717, 1.165) is 5.57 Å². The maximum atomic E-state index is 10.2. The Morgan fingerprint density at radius 1 is 1.35 bits per heavy atom. The minimum Gasteiger partial charge on any atom is -0.507 e. The van der Waals surface area contributed by atoms with Crippen LogP contribution in [0.25, 0.3) is 5.76 Å². The quantitative estimate of drug-likeness (QED) is 0.606. The Balaban J connectivity index is 2.26. The molecule has 1 aromatic carbocycles. The van der Waals surface area contributed by atoms with Crippen molar-refractivity contribution in [2.75, 3.05) is 26.1 Å². The molecule has 0 saturated heterocycles. The molecule has 126 valence electrons. The van der Waals surface area contributed by atoms with E-state index in [0.29, 0.717) is 22.0 Å². The van der Waals surface area contributed by atoms with E-state index in [1.165, 1.54) is 0 Å². The number of halogens is 1. The fraction of sp³-hybridized carbons (Fsp3) is 0.412. The number of ether oxygens (including phenoxy) is 3. The lowest BCUT2D eigenvalue weighted by Crippen LogP contribution is -2.23. The lowest BCUT2D eigenvalue weighted by atomic mass is 10.0. The lowest BCUT2D eigenvalue weighted by Gasteiger charge is -2.25. The van der Waals surface area contributed by atoms with Gasteiger partial charge in [-0.2, -0.15) is 0 Å². The van der Waals surface area contributed by atoms with Crippen LogP contribution in [-0.2, 0) is 9.47 Å². The van der Waals surface area contributed by atoms with Crippen molar-refractivity contribution in [1.29, 1.82) is 0 Å². The Bertz CT molecular complexity index is 619. The molecule has 1 aliphatic rings. The van der Waals surface area contributed by atoms with Crippen LogP contribution in [0.4, 0.5) is 5.69 Å². The van der Waals surface area contributed by atoms with Gasteiger partial charge in [-0.3, -0.25) is 0 Å². The zero-order chi connectivity index (χ0) is 17.0. The molecule has 1 atom stereocenters. The van der Waals surface area contributed by atoms with Crippen molar-refractivity contribution in [1.82, 2.24) is 0 Å². The van der Waals surface area contributed by atoms with Gasteiger partial charge in [0.2, 0.25) is 0 Å². The van der Waals surface area contributed by atoms with Gasteiger partial charge in [0.25, 0.3) is 0 Å². The molecular formula is C17H22ClNO4. The predicted molar refractivity (Wildman–Crippen MR) is 92.2 cm³/mol. The fourth-order valence-corrected chi connectivity index (χ4v) is 2.60. The Kier molecular flexibility index (Phi) is 5.93. The number of methoxy groups -OCH3 is 2. The van der Waals surface area contributed by atoms with Gasteiger partial charge in [-0.15, -0.1) is 0 Å². The first-order chi connectivity index (χ1) is 11.0. The molecule has 5 nitrogen and oxygen atoms in total.